The van der Waals surface area contributed by atoms with Crippen molar-refractivity contribution in [2.45, 2.75) is 12.1 Å². The van der Waals surface area contributed by atoms with Crippen LogP contribution in [-0.4, -0.2) is 6.18 Å². The third kappa shape index (κ3) is 2.45. The van der Waals surface area contributed by atoms with Gasteiger partial charge >= 0.3 is 12.1 Å². The Morgan fingerprint density at radius 2 is 1.30 bits per heavy atom. The Kier molecular flexibility index (Phi) is 3.41. The number of alkyl halides is 5. The van der Waals surface area contributed by atoms with Crippen molar-refractivity contribution in [2.24, 2.45) is 0 Å². The van der Waals surface area contributed by atoms with Gasteiger partial charge in [-0.2, -0.15) is 22.0 Å². The van der Waals surface area contributed by atoms with Crippen LogP contribution in [0.5, 0.6) is 0 Å². The van der Waals surface area contributed by atoms with Crippen LogP contribution in [0.15, 0.2) is 48.5 Å². The summed E-state index contributed by atoms with van der Waals surface area (Å²) in [6.07, 6.45) is -5.61. The lowest BCUT2D eigenvalue weighted by Gasteiger charge is -2.20. The van der Waals surface area contributed by atoms with Crippen molar-refractivity contribution in [3.8, 4) is 11.1 Å². The van der Waals surface area contributed by atoms with Crippen molar-refractivity contribution in [1.82, 2.24) is 0 Å². The molecule has 0 aliphatic heterocycles. The van der Waals surface area contributed by atoms with Gasteiger partial charge in [0.2, 0.25) is 0 Å². The number of anilines is 1. The molecule has 0 radical (unpaired) electrons. The Labute approximate surface area is 111 Å². The molecule has 0 fully saturated rings. The summed E-state index contributed by atoms with van der Waals surface area (Å²) in [7, 11) is 0. The molecule has 0 spiro atoms. The third-order valence-electron chi connectivity index (χ3n) is 2.88. The molecular formula is C14H10F5N. The molecular weight excluding hydrogens is 277 g/mol. The number of benzene rings is 2. The van der Waals surface area contributed by atoms with Crippen molar-refractivity contribution < 1.29 is 22.0 Å². The summed E-state index contributed by atoms with van der Waals surface area (Å²) in [4.78, 5) is 0. The maximum absolute atomic E-state index is 13.1. The highest BCUT2D eigenvalue weighted by Crippen LogP contribution is 2.44. The monoisotopic (exact) mass is 287 g/mol. The third-order valence-corrected chi connectivity index (χ3v) is 2.88. The van der Waals surface area contributed by atoms with Crippen molar-refractivity contribution in [3.05, 3.63) is 54.1 Å². The topological polar surface area (TPSA) is 26.0 Å². The predicted molar refractivity (Wildman–Crippen MR) is 66.2 cm³/mol. The molecule has 106 valence electrons. The molecule has 6 heteroatoms. The first-order valence-electron chi connectivity index (χ1n) is 5.63. The maximum atomic E-state index is 13.1. The molecule has 0 heterocycles. The first kappa shape index (κ1) is 14.3. The van der Waals surface area contributed by atoms with Crippen molar-refractivity contribution in [2.75, 3.05) is 5.73 Å². The van der Waals surface area contributed by atoms with Crippen LogP contribution >= 0.6 is 0 Å². The summed E-state index contributed by atoms with van der Waals surface area (Å²) in [6, 6.07) is 10.6. The van der Waals surface area contributed by atoms with Crippen LogP contribution in [0.3, 0.4) is 0 Å². The molecule has 0 unspecified atom stereocenters. The minimum Gasteiger partial charge on any atom is -0.398 e. The van der Waals surface area contributed by atoms with E-state index in [1.165, 1.54) is 12.1 Å². The van der Waals surface area contributed by atoms with E-state index in [-0.39, 0.29) is 0 Å². The average molecular weight is 287 g/mol. The van der Waals surface area contributed by atoms with Crippen LogP contribution in [0.1, 0.15) is 5.56 Å². The van der Waals surface area contributed by atoms with Gasteiger partial charge in [0.05, 0.1) is 0 Å². The van der Waals surface area contributed by atoms with Gasteiger partial charge < -0.3 is 5.73 Å². The molecule has 0 bridgehead atoms. The quantitative estimate of drug-likeness (QED) is 0.634. The fourth-order valence-corrected chi connectivity index (χ4v) is 1.78. The molecule has 1 nitrogen and oxygen atoms in total. The molecule has 2 rings (SSSR count). The van der Waals surface area contributed by atoms with Gasteiger partial charge in [0, 0.05) is 16.8 Å². The summed E-state index contributed by atoms with van der Waals surface area (Å²) in [6.45, 7) is 0. The summed E-state index contributed by atoms with van der Waals surface area (Å²) in [5.41, 5.74) is 6.10. The van der Waals surface area contributed by atoms with E-state index in [0.717, 1.165) is 12.1 Å². The van der Waals surface area contributed by atoms with Crippen molar-refractivity contribution in [3.63, 3.8) is 0 Å². The van der Waals surface area contributed by atoms with Gasteiger partial charge in [-0.1, -0.05) is 42.5 Å². The van der Waals surface area contributed by atoms with Crippen LogP contribution < -0.4 is 5.73 Å². The SMILES string of the molecule is Nc1ccccc1-c1ccc(C(F)(F)C(F)(F)F)cc1. The van der Waals surface area contributed by atoms with Crippen LogP contribution in [0.25, 0.3) is 11.1 Å². The number of hydrogen-bond acceptors (Lipinski definition) is 1. The molecule has 0 saturated carbocycles. The number of nitrogen functional groups attached to an aromatic ring is 1. The normalized spacial score (nSPS) is 12.4. The van der Waals surface area contributed by atoms with Crippen LogP contribution in [-0.2, 0) is 5.92 Å². The minimum absolute atomic E-state index is 0.419. The fourth-order valence-electron chi connectivity index (χ4n) is 1.78. The molecule has 0 aliphatic carbocycles. The van der Waals surface area contributed by atoms with Gasteiger partial charge in [-0.05, 0) is 11.6 Å². The highest BCUT2D eigenvalue weighted by atomic mass is 19.4. The minimum atomic E-state index is -5.61. The number of para-hydroxylation sites is 1. The summed E-state index contributed by atoms with van der Waals surface area (Å²) >= 11 is 0. The lowest BCUT2D eigenvalue weighted by Crippen LogP contribution is -2.33. The first-order valence-corrected chi connectivity index (χ1v) is 5.63. The fraction of sp³-hybridized carbons (Fsp3) is 0.143. The second-order valence-electron chi connectivity index (χ2n) is 4.24. The standard InChI is InChI=1S/C14H10F5N/c15-13(16,14(17,18)19)10-7-5-9(6-8-10)11-3-1-2-4-12(11)20/h1-8H,20H2. The predicted octanol–water partition coefficient (Wildman–Crippen LogP) is 4.59. The van der Waals surface area contributed by atoms with Gasteiger partial charge in [0.1, 0.15) is 0 Å². The number of hydrogen-bond donors (Lipinski definition) is 1. The molecule has 20 heavy (non-hydrogen) atoms. The first-order chi connectivity index (χ1) is 9.23. The van der Waals surface area contributed by atoms with E-state index >= 15 is 0 Å². The smallest absolute Gasteiger partial charge is 0.398 e. The van der Waals surface area contributed by atoms with Crippen molar-refractivity contribution >= 4 is 5.69 Å². The highest BCUT2D eigenvalue weighted by Gasteiger charge is 2.58. The zero-order chi connectivity index (χ0) is 15.0. The molecule has 0 amide bonds. The van der Waals surface area contributed by atoms with Crippen LogP contribution in [0.4, 0.5) is 27.6 Å². The number of rotatable bonds is 2. The average Bonchev–Trinajstić information content (AvgIpc) is 2.38. The van der Waals surface area contributed by atoms with Crippen molar-refractivity contribution in [1.29, 1.82) is 0 Å². The largest absolute Gasteiger partial charge is 0.458 e. The van der Waals surface area contributed by atoms with Gasteiger partial charge in [-0.25, -0.2) is 0 Å². The zero-order valence-corrected chi connectivity index (χ0v) is 10.1. The Hall–Kier alpha value is -2.11. The number of nitrogens with two attached hydrogens (primary N) is 1. The lowest BCUT2D eigenvalue weighted by atomic mass is 10.00. The second-order valence-corrected chi connectivity index (χ2v) is 4.24. The van der Waals surface area contributed by atoms with Gasteiger partial charge in [0.15, 0.2) is 0 Å². The van der Waals surface area contributed by atoms with Gasteiger partial charge in [0.25, 0.3) is 0 Å². The van der Waals surface area contributed by atoms with E-state index in [0.29, 0.717) is 16.8 Å². The summed E-state index contributed by atoms with van der Waals surface area (Å²) in [5, 5.41) is 0. The zero-order valence-electron chi connectivity index (χ0n) is 10.1. The van der Waals surface area contributed by atoms with Crippen LogP contribution in [0, 0.1) is 0 Å². The Morgan fingerprint density at radius 3 is 1.80 bits per heavy atom. The Balaban J connectivity index is 2.39. The molecule has 2 aromatic carbocycles. The molecule has 0 saturated heterocycles. The number of halogens is 5. The Bertz CT molecular complexity index is 602. The van der Waals surface area contributed by atoms with E-state index in [1.807, 2.05) is 0 Å². The van der Waals surface area contributed by atoms with E-state index in [1.54, 1.807) is 24.3 Å². The van der Waals surface area contributed by atoms with E-state index in [4.69, 9.17) is 5.73 Å². The van der Waals surface area contributed by atoms with Crippen LogP contribution in [0.2, 0.25) is 0 Å². The van der Waals surface area contributed by atoms with Gasteiger partial charge in [-0.3, -0.25) is 0 Å². The van der Waals surface area contributed by atoms with E-state index < -0.39 is 17.7 Å². The second kappa shape index (κ2) is 4.77. The molecule has 0 aliphatic rings. The lowest BCUT2D eigenvalue weighted by molar-refractivity contribution is -0.289. The van der Waals surface area contributed by atoms with Gasteiger partial charge in [-0.15, -0.1) is 0 Å². The molecule has 0 aromatic heterocycles. The highest BCUT2D eigenvalue weighted by molar-refractivity contribution is 5.76. The summed E-state index contributed by atoms with van der Waals surface area (Å²) < 4.78 is 63.0. The summed E-state index contributed by atoms with van der Waals surface area (Å²) in [5.74, 6) is -4.87. The molecule has 2 aromatic rings. The molecule has 0 atom stereocenters. The maximum Gasteiger partial charge on any atom is 0.458 e. The molecule has 2 N–H and O–H groups in total. The van der Waals surface area contributed by atoms with E-state index in [9.17, 15) is 22.0 Å². The van der Waals surface area contributed by atoms with E-state index in [2.05, 4.69) is 0 Å². The Morgan fingerprint density at radius 1 is 0.750 bits per heavy atom.